The topological polar surface area (TPSA) is 116 Å². The molecule has 0 aliphatic heterocycles. The largest absolute Gasteiger partial charge is 0.508 e. The van der Waals surface area contributed by atoms with Crippen LogP contribution < -0.4 is 5.48 Å². The van der Waals surface area contributed by atoms with Gasteiger partial charge in [-0.05, 0) is 24.1 Å². The fraction of sp³-hybridized carbons (Fsp3) is 0.385. The summed E-state index contributed by atoms with van der Waals surface area (Å²) in [6.45, 7) is 1.56. The summed E-state index contributed by atoms with van der Waals surface area (Å²) in [5.41, 5.74) is 2.40. The molecule has 2 atom stereocenters. The lowest BCUT2D eigenvalue weighted by atomic mass is 10.1. The summed E-state index contributed by atoms with van der Waals surface area (Å²) in [6.07, 6.45) is -1.18. The first-order valence-electron chi connectivity index (χ1n) is 6.09. The number of aliphatic hydroxyl groups excluding tert-OH is 1. The predicted octanol–water partition coefficient (Wildman–Crippen LogP) is 0.123. The molecule has 110 valence electrons. The van der Waals surface area contributed by atoms with Gasteiger partial charge in [-0.2, -0.15) is 5.48 Å². The number of hydroxylamine groups is 1. The highest BCUT2D eigenvalue weighted by atomic mass is 16.6. The molecule has 1 aromatic carbocycles. The van der Waals surface area contributed by atoms with Crippen molar-refractivity contribution in [2.75, 3.05) is 0 Å². The third kappa shape index (κ3) is 4.61. The maximum Gasteiger partial charge on any atom is 0.342 e. The number of aliphatic hydroxyl groups is 1. The fourth-order valence-electron chi connectivity index (χ4n) is 1.45. The van der Waals surface area contributed by atoms with Crippen LogP contribution in [-0.2, 0) is 20.7 Å². The smallest absolute Gasteiger partial charge is 0.342 e. The van der Waals surface area contributed by atoms with Gasteiger partial charge in [0.05, 0.1) is 0 Å². The molecule has 0 bridgehead atoms. The SMILES string of the molecule is CCC(O)C(=O)OC(=O)C(Cc1ccc(O)cc1)NO. The molecule has 0 radical (unpaired) electrons. The number of ether oxygens (including phenoxy) is 1. The molecule has 0 saturated carbocycles. The van der Waals surface area contributed by atoms with Crippen molar-refractivity contribution in [3.63, 3.8) is 0 Å². The van der Waals surface area contributed by atoms with Gasteiger partial charge in [-0.15, -0.1) is 0 Å². The fourth-order valence-corrected chi connectivity index (χ4v) is 1.45. The van der Waals surface area contributed by atoms with Crippen molar-refractivity contribution in [2.24, 2.45) is 0 Å². The van der Waals surface area contributed by atoms with Gasteiger partial charge in [0.25, 0.3) is 0 Å². The van der Waals surface area contributed by atoms with E-state index < -0.39 is 24.1 Å². The highest BCUT2D eigenvalue weighted by molar-refractivity contribution is 5.90. The average Bonchev–Trinajstić information content (AvgIpc) is 2.45. The van der Waals surface area contributed by atoms with Crippen LogP contribution in [0.4, 0.5) is 0 Å². The van der Waals surface area contributed by atoms with Gasteiger partial charge in [0.1, 0.15) is 11.8 Å². The Labute approximate surface area is 115 Å². The molecule has 0 spiro atoms. The van der Waals surface area contributed by atoms with E-state index in [1.54, 1.807) is 24.5 Å². The summed E-state index contributed by atoms with van der Waals surface area (Å²) in [6, 6.07) is 4.85. The monoisotopic (exact) mass is 283 g/mol. The van der Waals surface area contributed by atoms with Crippen LogP contribution in [0.3, 0.4) is 0 Å². The van der Waals surface area contributed by atoms with Crippen molar-refractivity contribution < 1.29 is 29.7 Å². The Bertz CT molecular complexity index is 458. The molecule has 7 heteroatoms. The molecule has 0 heterocycles. The first-order valence-corrected chi connectivity index (χ1v) is 6.09. The van der Waals surface area contributed by atoms with E-state index in [0.29, 0.717) is 5.56 Å². The van der Waals surface area contributed by atoms with Crippen molar-refractivity contribution in [1.29, 1.82) is 0 Å². The number of phenolic OH excluding ortho intramolecular Hbond substituents is 1. The number of carbonyl (C=O) groups excluding carboxylic acids is 2. The molecule has 0 saturated heterocycles. The standard InChI is InChI=1S/C13H17NO6/c1-2-11(16)13(18)20-12(17)10(14-19)7-8-3-5-9(15)6-4-8/h3-6,10-11,14-16,19H,2,7H2,1H3. The molecule has 1 aromatic rings. The lowest BCUT2D eigenvalue weighted by Crippen LogP contribution is -2.40. The van der Waals surface area contributed by atoms with E-state index in [-0.39, 0.29) is 18.6 Å². The normalized spacial score (nSPS) is 13.6. The molecule has 0 aromatic heterocycles. The number of aromatic hydroxyl groups is 1. The number of hydrogen-bond donors (Lipinski definition) is 4. The van der Waals surface area contributed by atoms with Gasteiger partial charge >= 0.3 is 11.9 Å². The van der Waals surface area contributed by atoms with Gasteiger partial charge in [0.15, 0.2) is 6.10 Å². The van der Waals surface area contributed by atoms with Crippen LogP contribution in [-0.4, -0.2) is 39.5 Å². The van der Waals surface area contributed by atoms with Gasteiger partial charge in [0.2, 0.25) is 0 Å². The van der Waals surface area contributed by atoms with E-state index in [1.807, 2.05) is 0 Å². The summed E-state index contributed by atoms with van der Waals surface area (Å²) in [5.74, 6) is -1.97. The number of phenols is 1. The summed E-state index contributed by atoms with van der Waals surface area (Å²) >= 11 is 0. The molecule has 1 rings (SSSR count). The maximum atomic E-state index is 11.7. The van der Waals surface area contributed by atoms with Gasteiger partial charge in [-0.3, -0.25) is 0 Å². The van der Waals surface area contributed by atoms with Crippen molar-refractivity contribution >= 4 is 11.9 Å². The van der Waals surface area contributed by atoms with Crippen LogP contribution in [0, 0.1) is 0 Å². The molecule has 4 N–H and O–H groups in total. The predicted molar refractivity (Wildman–Crippen MR) is 67.9 cm³/mol. The van der Waals surface area contributed by atoms with Gasteiger partial charge in [0, 0.05) is 6.42 Å². The molecule has 2 unspecified atom stereocenters. The molecular weight excluding hydrogens is 266 g/mol. The molecule has 0 amide bonds. The third-order valence-corrected chi connectivity index (χ3v) is 2.68. The Kier molecular flexibility index (Phi) is 6.10. The molecule has 7 nitrogen and oxygen atoms in total. The quantitative estimate of drug-likeness (QED) is 0.333. The van der Waals surface area contributed by atoms with Crippen LogP contribution in [0.2, 0.25) is 0 Å². The Hall–Kier alpha value is -1.96. The lowest BCUT2D eigenvalue weighted by Gasteiger charge is -2.14. The molecular formula is C13H17NO6. The lowest BCUT2D eigenvalue weighted by molar-refractivity contribution is -0.168. The molecule has 20 heavy (non-hydrogen) atoms. The first kappa shape index (κ1) is 16.1. The zero-order chi connectivity index (χ0) is 15.1. The summed E-state index contributed by atoms with van der Waals surface area (Å²) in [7, 11) is 0. The molecule has 0 aliphatic rings. The second kappa shape index (κ2) is 7.59. The van der Waals surface area contributed by atoms with Crippen LogP contribution >= 0.6 is 0 Å². The Morgan fingerprint density at radius 1 is 1.25 bits per heavy atom. The van der Waals surface area contributed by atoms with Crippen molar-refractivity contribution in [3.05, 3.63) is 29.8 Å². The summed E-state index contributed by atoms with van der Waals surface area (Å²) < 4.78 is 4.45. The number of hydrogen-bond acceptors (Lipinski definition) is 7. The number of esters is 2. The average molecular weight is 283 g/mol. The van der Waals surface area contributed by atoms with Crippen molar-refractivity contribution in [2.45, 2.75) is 31.9 Å². The number of rotatable bonds is 6. The van der Waals surface area contributed by atoms with E-state index in [9.17, 15) is 14.7 Å². The minimum atomic E-state index is -1.37. The second-order valence-corrected chi connectivity index (χ2v) is 4.22. The van der Waals surface area contributed by atoms with Crippen LogP contribution in [0.5, 0.6) is 5.75 Å². The first-order chi connectivity index (χ1) is 9.47. The zero-order valence-corrected chi connectivity index (χ0v) is 10.9. The zero-order valence-electron chi connectivity index (χ0n) is 10.9. The van der Waals surface area contributed by atoms with Crippen molar-refractivity contribution in [3.8, 4) is 5.75 Å². The number of benzene rings is 1. The third-order valence-electron chi connectivity index (χ3n) is 2.68. The van der Waals surface area contributed by atoms with E-state index in [1.165, 1.54) is 12.1 Å². The van der Waals surface area contributed by atoms with Gasteiger partial charge < -0.3 is 20.2 Å². The molecule has 0 aliphatic carbocycles. The van der Waals surface area contributed by atoms with Gasteiger partial charge in [-0.1, -0.05) is 19.1 Å². The Morgan fingerprint density at radius 2 is 1.85 bits per heavy atom. The van der Waals surface area contributed by atoms with Crippen molar-refractivity contribution in [1.82, 2.24) is 5.48 Å². The maximum absolute atomic E-state index is 11.7. The highest BCUT2D eigenvalue weighted by Crippen LogP contribution is 2.12. The minimum Gasteiger partial charge on any atom is -0.508 e. The second-order valence-electron chi connectivity index (χ2n) is 4.22. The highest BCUT2D eigenvalue weighted by Gasteiger charge is 2.25. The Morgan fingerprint density at radius 3 is 2.35 bits per heavy atom. The number of carbonyl (C=O) groups is 2. The van der Waals surface area contributed by atoms with E-state index in [0.717, 1.165) is 0 Å². The van der Waals surface area contributed by atoms with Crippen LogP contribution in [0.1, 0.15) is 18.9 Å². The van der Waals surface area contributed by atoms with Gasteiger partial charge in [-0.25, -0.2) is 9.59 Å². The van der Waals surface area contributed by atoms with E-state index in [4.69, 9.17) is 10.3 Å². The van der Waals surface area contributed by atoms with Crippen LogP contribution in [0.15, 0.2) is 24.3 Å². The van der Waals surface area contributed by atoms with Crippen LogP contribution in [0.25, 0.3) is 0 Å². The summed E-state index contributed by atoms with van der Waals surface area (Å²) in [4.78, 5) is 22.9. The Balaban J connectivity index is 2.63. The summed E-state index contributed by atoms with van der Waals surface area (Å²) in [5, 5.41) is 27.3. The molecule has 0 fully saturated rings. The van der Waals surface area contributed by atoms with E-state index >= 15 is 0 Å². The van der Waals surface area contributed by atoms with E-state index in [2.05, 4.69) is 4.74 Å². The number of nitrogens with one attached hydrogen (secondary N) is 1. The minimum absolute atomic E-state index is 0.0606.